The number of benzene rings is 6. The van der Waals surface area contributed by atoms with Crippen molar-refractivity contribution in [1.29, 1.82) is 10.5 Å². The second kappa shape index (κ2) is 18.1. The minimum Gasteiger partial charge on any atom is -0.493 e. The van der Waals surface area contributed by atoms with Gasteiger partial charge in [-0.2, -0.15) is 10.5 Å². The van der Waals surface area contributed by atoms with Crippen LogP contribution in [0.4, 0.5) is 0 Å². The number of nitrogens with zero attached hydrogens (tertiary/aromatic N) is 2. The Morgan fingerprint density at radius 1 is 0.385 bits per heavy atom. The zero-order valence-electron chi connectivity index (χ0n) is 29.5. The predicted molar refractivity (Wildman–Crippen MR) is 208 cm³/mol. The van der Waals surface area contributed by atoms with Crippen LogP contribution >= 0.6 is 0 Å². The van der Waals surface area contributed by atoms with Crippen LogP contribution in [0.15, 0.2) is 158 Å². The second-order valence-electron chi connectivity index (χ2n) is 11.4. The highest BCUT2D eigenvalue weighted by molar-refractivity contribution is 5.84. The molecule has 0 aliphatic heterocycles. The molecule has 0 heterocycles. The van der Waals surface area contributed by atoms with E-state index in [-0.39, 0.29) is 0 Å². The normalized spacial score (nSPS) is 10.9. The van der Waals surface area contributed by atoms with Gasteiger partial charge in [0.1, 0.15) is 0 Å². The first-order valence-corrected chi connectivity index (χ1v) is 16.5. The Labute approximate surface area is 305 Å². The Bertz CT molecular complexity index is 2070. The van der Waals surface area contributed by atoms with Crippen molar-refractivity contribution < 1.29 is 18.9 Å². The zero-order chi connectivity index (χ0) is 36.7. The molecule has 0 spiro atoms. The monoisotopic (exact) mass is 682 g/mol. The number of allylic oxidation sites excluding steroid dienone is 2. The lowest BCUT2D eigenvalue weighted by molar-refractivity contribution is 0.355. The maximum atomic E-state index is 9.24. The van der Waals surface area contributed by atoms with Crippen LogP contribution in [0.2, 0.25) is 0 Å². The van der Waals surface area contributed by atoms with Crippen molar-refractivity contribution in [2.75, 3.05) is 28.4 Å². The number of ether oxygens (including phenoxy) is 4. The topological polar surface area (TPSA) is 84.5 Å². The lowest BCUT2D eigenvalue weighted by atomic mass is 9.95. The molecule has 0 unspecified atom stereocenters. The van der Waals surface area contributed by atoms with E-state index in [4.69, 9.17) is 18.9 Å². The predicted octanol–water partition coefficient (Wildman–Crippen LogP) is 10.7. The summed E-state index contributed by atoms with van der Waals surface area (Å²) in [5.41, 5.74) is 10.0. The van der Waals surface area contributed by atoms with Gasteiger partial charge in [0.2, 0.25) is 0 Å². The van der Waals surface area contributed by atoms with E-state index in [1.165, 1.54) is 0 Å². The number of methoxy groups -OCH3 is 4. The smallest absolute Gasteiger partial charge is 0.161 e. The van der Waals surface area contributed by atoms with E-state index in [2.05, 4.69) is 60.7 Å². The number of hydrogen-bond donors (Lipinski definition) is 0. The van der Waals surface area contributed by atoms with E-state index in [0.717, 1.165) is 55.7 Å². The van der Waals surface area contributed by atoms with Crippen molar-refractivity contribution in [2.24, 2.45) is 0 Å². The van der Waals surface area contributed by atoms with Gasteiger partial charge in [0.15, 0.2) is 23.0 Å². The largest absolute Gasteiger partial charge is 0.493 e. The Hall–Kier alpha value is -7.02. The fourth-order valence-electron chi connectivity index (χ4n) is 5.75. The summed E-state index contributed by atoms with van der Waals surface area (Å²) in [6, 6.07) is 52.4. The zero-order valence-corrected chi connectivity index (χ0v) is 29.5. The van der Waals surface area contributed by atoms with Gasteiger partial charge in [0, 0.05) is 12.2 Å². The third-order valence-corrected chi connectivity index (χ3v) is 8.41. The molecular weight excluding hydrogens is 645 g/mol. The molecule has 52 heavy (non-hydrogen) atoms. The number of nitriles is 2. The Balaban J connectivity index is 0.000000201. The molecule has 6 rings (SSSR count). The van der Waals surface area contributed by atoms with E-state index in [9.17, 15) is 10.5 Å². The van der Waals surface area contributed by atoms with Crippen LogP contribution in [-0.2, 0) is 0 Å². The minimum absolute atomic E-state index is 0.634. The Morgan fingerprint density at radius 3 is 1.00 bits per heavy atom. The van der Waals surface area contributed by atoms with Crippen molar-refractivity contribution in [1.82, 2.24) is 0 Å². The maximum Gasteiger partial charge on any atom is 0.161 e. The molecule has 0 N–H and O–H groups in total. The fourth-order valence-corrected chi connectivity index (χ4v) is 5.75. The summed E-state index contributed by atoms with van der Waals surface area (Å²) in [6.45, 7) is 0. The molecule has 0 aromatic heterocycles. The number of rotatable bonds is 10. The van der Waals surface area contributed by atoms with Gasteiger partial charge >= 0.3 is 0 Å². The average Bonchev–Trinajstić information content (AvgIpc) is 3.22. The molecule has 0 saturated carbocycles. The lowest BCUT2D eigenvalue weighted by Gasteiger charge is -2.12. The highest BCUT2D eigenvalue weighted by Gasteiger charge is 2.12. The first kappa shape index (κ1) is 36.3. The standard InChI is InChI=1S/2C23H19NO2/c2*1-25-22-13-12-20(16-23(22)26-2)21(14-15-24)19-10-8-18(9-11-19)17-6-4-3-5-7-17/h2*3-14,16H,1-2H3. The third-order valence-electron chi connectivity index (χ3n) is 8.41. The first-order chi connectivity index (χ1) is 25.5. The van der Waals surface area contributed by atoms with Crippen LogP contribution in [0.5, 0.6) is 23.0 Å². The highest BCUT2D eigenvalue weighted by Crippen LogP contribution is 2.35. The molecule has 0 fully saturated rings. The summed E-state index contributed by atoms with van der Waals surface area (Å²) in [7, 11) is 6.41. The first-order valence-electron chi connectivity index (χ1n) is 16.5. The van der Waals surface area contributed by atoms with Crippen molar-refractivity contribution in [2.45, 2.75) is 0 Å². The minimum atomic E-state index is 0.634. The van der Waals surface area contributed by atoms with Gasteiger partial charge in [0.25, 0.3) is 0 Å². The van der Waals surface area contributed by atoms with E-state index < -0.39 is 0 Å². The molecule has 0 bridgehead atoms. The van der Waals surface area contributed by atoms with Crippen molar-refractivity contribution in [3.63, 3.8) is 0 Å². The van der Waals surface area contributed by atoms with Gasteiger partial charge in [-0.15, -0.1) is 0 Å². The van der Waals surface area contributed by atoms with Crippen LogP contribution in [0, 0.1) is 22.7 Å². The summed E-state index contributed by atoms with van der Waals surface area (Å²) in [6.07, 6.45) is 3.11. The van der Waals surface area contributed by atoms with Crippen molar-refractivity contribution in [3.05, 3.63) is 180 Å². The van der Waals surface area contributed by atoms with E-state index in [1.54, 1.807) is 40.6 Å². The van der Waals surface area contributed by atoms with E-state index in [1.807, 2.05) is 97.1 Å². The summed E-state index contributed by atoms with van der Waals surface area (Å²) in [5.74, 6) is 2.59. The van der Waals surface area contributed by atoms with Gasteiger partial charge < -0.3 is 18.9 Å². The van der Waals surface area contributed by atoms with Crippen LogP contribution in [0.25, 0.3) is 33.4 Å². The summed E-state index contributed by atoms with van der Waals surface area (Å²) < 4.78 is 21.3. The molecular formula is C46H38N2O4. The van der Waals surface area contributed by atoms with Crippen LogP contribution in [0.1, 0.15) is 22.3 Å². The van der Waals surface area contributed by atoms with Gasteiger partial charge in [-0.25, -0.2) is 0 Å². The number of hydrogen-bond acceptors (Lipinski definition) is 6. The lowest BCUT2D eigenvalue weighted by Crippen LogP contribution is -1.94. The average molecular weight is 683 g/mol. The van der Waals surface area contributed by atoms with Crippen molar-refractivity contribution >= 4 is 11.1 Å². The molecule has 0 aliphatic carbocycles. The molecule has 0 radical (unpaired) electrons. The Morgan fingerprint density at radius 2 is 0.692 bits per heavy atom. The fraction of sp³-hybridized carbons (Fsp3) is 0.0870. The maximum absolute atomic E-state index is 9.24. The van der Waals surface area contributed by atoms with E-state index in [0.29, 0.717) is 23.0 Å². The van der Waals surface area contributed by atoms with E-state index >= 15 is 0 Å². The van der Waals surface area contributed by atoms with Crippen molar-refractivity contribution in [3.8, 4) is 57.4 Å². The SMILES string of the molecule is COc1ccc(C(=CC#N)c2ccc(-c3ccccc3)cc2)cc1OC.COc1ccc(C(=CC#N)c2ccc(-c3ccccc3)cc2)cc1OC. The molecule has 256 valence electrons. The summed E-state index contributed by atoms with van der Waals surface area (Å²) >= 11 is 0. The molecule has 6 heteroatoms. The van der Waals surface area contributed by atoms with Crippen LogP contribution in [0.3, 0.4) is 0 Å². The Kier molecular flexibility index (Phi) is 12.6. The van der Waals surface area contributed by atoms with Crippen LogP contribution in [-0.4, -0.2) is 28.4 Å². The highest BCUT2D eigenvalue weighted by atomic mass is 16.5. The molecule has 0 aliphatic rings. The second-order valence-corrected chi connectivity index (χ2v) is 11.4. The molecule has 6 aromatic rings. The van der Waals surface area contributed by atoms with Gasteiger partial charge in [0.05, 0.1) is 40.6 Å². The van der Waals surface area contributed by atoms with Gasteiger partial charge in [-0.3, -0.25) is 0 Å². The molecule has 0 saturated heterocycles. The van der Waals surface area contributed by atoms with Crippen LogP contribution < -0.4 is 18.9 Å². The van der Waals surface area contributed by atoms with Gasteiger partial charge in [-0.1, -0.05) is 121 Å². The summed E-state index contributed by atoms with van der Waals surface area (Å²) in [5, 5.41) is 18.5. The molecule has 0 amide bonds. The third kappa shape index (κ3) is 8.76. The molecule has 6 nitrogen and oxygen atoms in total. The van der Waals surface area contributed by atoms with Gasteiger partial charge in [-0.05, 0) is 79.9 Å². The molecule has 6 aromatic carbocycles. The molecule has 0 atom stereocenters. The quantitative estimate of drug-likeness (QED) is 0.134. The summed E-state index contributed by atoms with van der Waals surface area (Å²) in [4.78, 5) is 0.